The maximum Gasteiger partial charge on any atom is 0.171 e. The molecule has 0 fully saturated rings. The van der Waals surface area contributed by atoms with Crippen LogP contribution in [-0.4, -0.2) is 11.7 Å². The van der Waals surface area contributed by atoms with Crippen molar-refractivity contribution in [1.82, 2.24) is 10.5 Å². The second-order valence-corrected chi connectivity index (χ2v) is 6.50. The van der Waals surface area contributed by atoms with Crippen LogP contribution in [0.3, 0.4) is 0 Å². The van der Waals surface area contributed by atoms with Gasteiger partial charge in [0.15, 0.2) is 5.76 Å². The summed E-state index contributed by atoms with van der Waals surface area (Å²) in [6, 6.07) is 8.63. The van der Waals surface area contributed by atoms with E-state index in [4.69, 9.17) is 4.52 Å². The van der Waals surface area contributed by atoms with Gasteiger partial charge in [-0.15, -0.1) is 0 Å². The van der Waals surface area contributed by atoms with Crippen molar-refractivity contribution >= 4 is 0 Å². The first-order valence-electron chi connectivity index (χ1n) is 7.80. The maximum atomic E-state index is 5.44. The topological polar surface area (TPSA) is 38.1 Å². The Bertz CT molecular complexity index is 541. The highest BCUT2D eigenvalue weighted by Gasteiger charge is 2.10. The molecule has 1 aromatic carbocycles. The van der Waals surface area contributed by atoms with E-state index in [0.29, 0.717) is 11.8 Å². The molecule has 0 atom stereocenters. The lowest BCUT2D eigenvalue weighted by Gasteiger charge is -2.08. The molecule has 0 aliphatic heterocycles. The van der Waals surface area contributed by atoms with Gasteiger partial charge in [0.2, 0.25) is 0 Å². The Labute approximate surface area is 127 Å². The maximum absolute atomic E-state index is 5.44. The Kier molecular flexibility index (Phi) is 5.57. The van der Waals surface area contributed by atoms with Crippen molar-refractivity contribution < 1.29 is 4.52 Å². The van der Waals surface area contributed by atoms with E-state index >= 15 is 0 Å². The minimum atomic E-state index is 0.642. The van der Waals surface area contributed by atoms with Gasteiger partial charge in [-0.1, -0.05) is 57.1 Å². The normalized spacial score (nSPS) is 11.5. The average molecular weight is 286 g/mol. The van der Waals surface area contributed by atoms with Gasteiger partial charge in [-0.05, 0) is 30.4 Å². The van der Waals surface area contributed by atoms with E-state index in [-0.39, 0.29) is 0 Å². The first kappa shape index (κ1) is 15.8. The van der Waals surface area contributed by atoms with Crippen molar-refractivity contribution in [2.75, 3.05) is 6.54 Å². The summed E-state index contributed by atoms with van der Waals surface area (Å²) in [6.07, 6.45) is 2.92. The fourth-order valence-corrected chi connectivity index (χ4v) is 2.38. The van der Waals surface area contributed by atoms with E-state index in [1.54, 1.807) is 0 Å². The minimum Gasteiger partial charge on any atom is -0.356 e. The monoisotopic (exact) mass is 286 g/mol. The summed E-state index contributed by atoms with van der Waals surface area (Å²) >= 11 is 0. The lowest BCUT2D eigenvalue weighted by molar-refractivity contribution is 0.431. The Morgan fingerprint density at radius 2 is 1.76 bits per heavy atom. The Hall–Kier alpha value is -1.61. The molecule has 1 heterocycles. The summed E-state index contributed by atoms with van der Waals surface area (Å²) in [5, 5.41) is 7.39. The van der Waals surface area contributed by atoms with Gasteiger partial charge in [0.25, 0.3) is 0 Å². The Balaban J connectivity index is 2.06. The molecule has 2 aromatic rings. The highest BCUT2D eigenvalue weighted by atomic mass is 16.5. The molecule has 0 saturated heterocycles. The molecule has 0 aliphatic carbocycles. The zero-order valence-electron chi connectivity index (χ0n) is 13.5. The largest absolute Gasteiger partial charge is 0.356 e. The predicted octanol–water partition coefficient (Wildman–Crippen LogP) is 4.29. The van der Waals surface area contributed by atoms with Crippen LogP contribution in [0.4, 0.5) is 0 Å². The summed E-state index contributed by atoms with van der Waals surface area (Å²) in [4.78, 5) is 0. The van der Waals surface area contributed by atoms with Crippen LogP contribution in [0.25, 0.3) is 11.3 Å². The Morgan fingerprint density at radius 3 is 2.38 bits per heavy atom. The quantitative estimate of drug-likeness (QED) is 0.825. The number of benzene rings is 1. The number of hydrogen-bond donors (Lipinski definition) is 1. The van der Waals surface area contributed by atoms with E-state index in [1.165, 1.54) is 5.56 Å². The number of aromatic nitrogens is 1. The van der Waals surface area contributed by atoms with Crippen molar-refractivity contribution in [2.24, 2.45) is 11.8 Å². The standard InChI is InChI=1S/C18H26N2O/c1-13(2)9-15-5-7-16(8-6-15)18-17(12-20-21-18)11-19-10-14(3)4/h5-8,12-14,19H,9-11H2,1-4H3. The molecule has 2 rings (SSSR count). The molecule has 3 nitrogen and oxygen atoms in total. The number of nitrogens with one attached hydrogen (secondary N) is 1. The molecule has 0 saturated carbocycles. The van der Waals surface area contributed by atoms with E-state index in [2.05, 4.69) is 62.4 Å². The first-order valence-corrected chi connectivity index (χ1v) is 7.80. The van der Waals surface area contributed by atoms with Gasteiger partial charge >= 0.3 is 0 Å². The number of nitrogens with zero attached hydrogens (tertiary/aromatic N) is 1. The van der Waals surface area contributed by atoms with Crippen LogP contribution in [0.2, 0.25) is 0 Å². The fourth-order valence-electron chi connectivity index (χ4n) is 2.38. The number of hydrogen-bond acceptors (Lipinski definition) is 3. The predicted molar refractivity (Wildman–Crippen MR) is 87.0 cm³/mol. The highest BCUT2D eigenvalue weighted by molar-refractivity contribution is 5.61. The molecule has 0 aliphatic rings. The van der Waals surface area contributed by atoms with Crippen molar-refractivity contribution in [3.05, 3.63) is 41.6 Å². The van der Waals surface area contributed by atoms with Gasteiger partial charge in [0, 0.05) is 17.7 Å². The van der Waals surface area contributed by atoms with Crippen LogP contribution in [0.15, 0.2) is 35.0 Å². The van der Waals surface area contributed by atoms with Crippen molar-refractivity contribution in [2.45, 2.75) is 40.7 Å². The van der Waals surface area contributed by atoms with Gasteiger partial charge in [-0.2, -0.15) is 0 Å². The van der Waals surface area contributed by atoms with Crippen molar-refractivity contribution in [1.29, 1.82) is 0 Å². The first-order chi connectivity index (χ1) is 10.1. The fraction of sp³-hybridized carbons (Fsp3) is 0.500. The molecule has 3 heteroatoms. The lowest BCUT2D eigenvalue weighted by Crippen LogP contribution is -2.18. The van der Waals surface area contributed by atoms with Crippen LogP contribution >= 0.6 is 0 Å². The molecule has 0 bridgehead atoms. The third-order valence-electron chi connectivity index (χ3n) is 3.37. The summed E-state index contributed by atoms with van der Waals surface area (Å²) in [5.74, 6) is 2.20. The van der Waals surface area contributed by atoms with Crippen LogP contribution in [0.1, 0.15) is 38.8 Å². The van der Waals surface area contributed by atoms with Crippen LogP contribution in [0, 0.1) is 11.8 Å². The van der Waals surface area contributed by atoms with E-state index in [9.17, 15) is 0 Å². The molecule has 0 radical (unpaired) electrons. The van der Waals surface area contributed by atoms with Gasteiger partial charge in [0.05, 0.1) is 6.20 Å². The van der Waals surface area contributed by atoms with Crippen LogP contribution in [-0.2, 0) is 13.0 Å². The second kappa shape index (κ2) is 7.41. The van der Waals surface area contributed by atoms with Gasteiger partial charge in [-0.25, -0.2) is 0 Å². The van der Waals surface area contributed by atoms with Gasteiger partial charge in [-0.3, -0.25) is 0 Å². The molecule has 0 spiro atoms. The molecule has 114 valence electrons. The van der Waals surface area contributed by atoms with Crippen LogP contribution in [0.5, 0.6) is 0 Å². The van der Waals surface area contributed by atoms with E-state index in [1.807, 2.05) is 6.20 Å². The second-order valence-electron chi connectivity index (χ2n) is 6.50. The van der Waals surface area contributed by atoms with Crippen molar-refractivity contribution in [3.8, 4) is 11.3 Å². The lowest BCUT2D eigenvalue weighted by atomic mass is 10.0. The minimum absolute atomic E-state index is 0.642. The van der Waals surface area contributed by atoms with Crippen LogP contribution < -0.4 is 5.32 Å². The molecule has 0 amide bonds. The summed E-state index contributed by atoms with van der Waals surface area (Å²) < 4.78 is 5.44. The highest BCUT2D eigenvalue weighted by Crippen LogP contribution is 2.24. The molecule has 1 aromatic heterocycles. The van der Waals surface area contributed by atoms with Crippen molar-refractivity contribution in [3.63, 3.8) is 0 Å². The molecule has 21 heavy (non-hydrogen) atoms. The number of rotatable bonds is 7. The summed E-state index contributed by atoms with van der Waals surface area (Å²) in [7, 11) is 0. The molecular formula is C18H26N2O. The van der Waals surface area contributed by atoms with E-state index < -0.39 is 0 Å². The SMILES string of the molecule is CC(C)CNCc1cnoc1-c1ccc(CC(C)C)cc1. The van der Waals surface area contributed by atoms with Gasteiger partial charge < -0.3 is 9.84 Å². The zero-order chi connectivity index (χ0) is 15.2. The third kappa shape index (κ3) is 4.71. The molecule has 1 N–H and O–H groups in total. The summed E-state index contributed by atoms with van der Waals surface area (Å²) in [6.45, 7) is 10.7. The summed E-state index contributed by atoms with van der Waals surface area (Å²) in [5.41, 5.74) is 3.58. The van der Waals surface area contributed by atoms with Gasteiger partial charge in [0.1, 0.15) is 0 Å². The van der Waals surface area contributed by atoms with E-state index in [0.717, 1.165) is 36.4 Å². The Morgan fingerprint density at radius 1 is 1.05 bits per heavy atom. The average Bonchev–Trinajstić information content (AvgIpc) is 2.87. The zero-order valence-corrected chi connectivity index (χ0v) is 13.5. The molecule has 0 unspecified atom stereocenters. The smallest absolute Gasteiger partial charge is 0.171 e. The third-order valence-corrected chi connectivity index (χ3v) is 3.37. The molecular weight excluding hydrogens is 260 g/mol.